The summed E-state index contributed by atoms with van der Waals surface area (Å²) in [5.41, 5.74) is -0.175. The van der Waals surface area contributed by atoms with Gasteiger partial charge in [0, 0.05) is 12.6 Å². The van der Waals surface area contributed by atoms with E-state index in [0.29, 0.717) is 13.1 Å². The number of rotatable bonds is 7. The van der Waals surface area contributed by atoms with E-state index in [1.54, 1.807) is 6.07 Å². The van der Waals surface area contributed by atoms with E-state index in [1.807, 2.05) is 6.92 Å². The number of aliphatic hydroxyl groups is 1. The van der Waals surface area contributed by atoms with E-state index in [-0.39, 0.29) is 16.3 Å². The minimum atomic E-state index is -1.58. The highest BCUT2D eigenvalue weighted by Crippen LogP contribution is 2.21. The Kier molecular flexibility index (Phi) is 5.90. The highest BCUT2D eigenvalue weighted by atomic mass is 32.2. The first-order chi connectivity index (χ1) is 8.56. The lowest BCUT2D eigenvalue weighted by Gasteiger charge is -2.10. The summed E-state index contributed by atoms with van der Waals surface area (Å²) < 4.78 is 12.0. The third kappa shape index (κ3) is 4.17. The van der Waals surface area contributed by atoms with Gasteiger partial charge in [-0.1, -0.05) is 19.1 Å². The van der Waals surface area contributed by atoms with Gasteiger partial charge in [0.2, 0.25) is 0 Å². The fraction of sp³-hybridized carbons (Fsp3) is 0.455. The van der Waals surface area contributed by atoms with E-state index in [0.717, 1.165) is 0 Å². The molecular formula is C11H16N2O4S. The molecule has 0 saturated carbocycles. The zero-order chi connectivity index (χ0) is 13.5. The molecule has 0 amide bonds. The monoisotopic (exact) mass is 272 g/mol. The molecule has 2 unspecified atom stereocenters. The van der Waals surface area contributed by atoms with Crippen molar-refractivity contribution in [3.05, 3.63) is 34.4 Å². The standard InChI is InChI=1S/C11H16N2O4S/c1-2-12-7-9(14)8-18(17)11-6-4-3-5-10(11)13(15)16/h3-6,9,12,14H,2,7-8H2,1H3. The van der Waals surface area contributed by atoms with Gasteiger partial charge >= 0.3 is 0 Å². The van der Waals surface area contributed by atoms with Gasteiger partial charge in [-0.2, -0.15) is 0 Å². The van der Waals surface area contributed by atoms with Crippen LogP contribution in [0, 0.1) is 10.1 Å². The molecule has 0 bridgehead atoms. The van der Waals surface area contributed by atoms with Crippen LogP contribution in [0.1, 0.15) is 6.92 Å². The Balaban J connectivity index is 2.75. The number of aliphatic hydroxyl groups excluding tert-OH is 1. The third-order valence-corrected chi connectivity index (χ3v) is 3.80. The van der Waals surface area contributed by atoms with Crippen molar-refractivity contribution >= 4 is 16.5 Å². The Morgan fingerprint density at radius 2 is 2.17 bits per heavy atom. The summed E-state index contributed by atoms with van der Waals surface area (Å²) in [7, 11) is -1.58. The summed E-state index contributed by atoms with van der Waals surface area (Å²) in [6.07, 6.45) is -0.786. The molecule has 0 radical (unpaired) electrons. The smallest absolute Gasteiger partial charge is 0.285 e. The molecule has 6 nitrogen and oxygen atoms in total. The number of nitro benzene ring substituents is 1. The van der Waals surface area contributed by atoms with E-state index in [9.17, 15) is 19.4 Å². The Hall–Kier alpha value is -1.31. The number of hydrogen-bond donors (Lipinski definition) is 2. The zero-order valence-electron chi connectivity index (χ0n) is 10.0. The lowest BCUT2D eigenvalue weighted by Crippen LogP contribution is -2.30. The predicted molar refractivity (Wildman–Crippen MR) is 68.9 cm³/mol. The van der Waals surface area contributed by atoms with E-state index < -0.39 is 21.8 Å². The Bertz CT molecular complexity index is 439. The quantitative estimate of drug-likeness (QED) is 0.562. The predicted octanol–water partition coefficient (Wildman–Crippen LogP) is 0.673. The maximum Gasteiger partial charge on any atom is 0.285 e. The van der Waals surface area contributed by atoms with Crippen molar-refractivity contribution in [1.29, 1.82) is 0 Å². The lowest BCUT2D eigenvalue weighted by molar-refractivity contribution is -0.387. The van der Waals surface area contributed by atoms with E-state index in [4.69, 9.17) is 0 Å². The van der Waals surface area contributed by atoms with Crippen LogP contribution < -0.4 is 5.32 Å². The van der Waals surface area contributed by atoms with Crippen molar-refractivity contribution in [2.45, 2.75) is 17.9 Å². The molecule has 100 valence electrons. The van der Waals surface area contributed by atoms with Crippen LogP contribution in [-0.2, 0) is 10.8 Å². The molecule has 0 aliphatic carbocycles. The van der Waals surface area contributed by atoms with Gasteiger partial charge in [0.25, 0.3) is 5.69 Å². The minimum absolute atomic E-state index is 0.0160. The Labute approximate surface area is 108 Å². The fourth-order valence-corrected chi connectivity index (χ4v) is 2.69. The molecule has 2 N–H and O–H groups in total. The van der Waals surface area contributed by atoms with Crippen LogP contribution in [-0.4, -0.2) is 39.2 Å². The highest BCUT2D eigenvalue weighted by Gasteiger charge is 2.20. The van der Waals surface area contributed by atoms with Crippen LogP contribution >= 0.6 is 0 Å². The first-order valence-electron chi connectivity index (χ1n) is 5.56. The average Bonchev–Trinajstić information content (AvgIpc) is 2.36. The second-order valence-corrected chi connectivity index (χ2v) is 5.16. The zero-order valence-corrected chi connectivity index (χ0v) is 10.9. The maximum absolute atomic E-state index is 12.0. The fourth-order valence-electron chi connectivity index (χ4n) is 1.43. The molecule has 0 aliphatic rings. The van der Waals surface area contributed by atoms with E-state index in [2.05, 4.69) is 5.32 Å². The molecule has 0 heterocycles. The van der Waals surface area contributed by atoms with Crippen LogP contribution in [0.4, 0.5) is 5.69 Å². The first kappa shape index (κ1) is 14.7. The Morgan fingerprint density at radius 1 is 1.50 bits per heavy atom. The number of hydrogen-bond acceptors (Lipinski definition) is 5. The van der Waals surface area contributed by atoms with Gasteiger partial charge in [-0.15, -0.1) is 0 Å². The van der Waals surface area contributed by atoms with Crippen LogP contribution in [0.5, 0.6) is 0 Å². The van der Waals surface area contributed by atoms with Gasteiger partial charge in [0.05, 0.1) is 27.6 Å². The third-order valence-electron chi connectivity index (χ3n) is 2.28. The summed E-state index contributed by atoms with van der Waals surface area (Å²) in [5, 5.41) is 23.3. The van der Waals surface area contributed by atoms with Gasteiger partial charge in [-0.3, -0.25) is 14.3 Å². The second-order valence-electron chi connectivity index (χ2n) is 3.70. The molecular weight excluding hydrogens is 256 g/mol. The average molecular weight is 272 g/mol. The molecule has 2 atom stereocenters. The number of benzene rings is 1. The number of likely N-dealkylation sites (N-methyl/N-ethyl adjacent to an activating group) is 1. The van der Waals surface area contributed by atoms with Crippen molar-refractivity contribution < 1.29 is 14.2 Å². The van der Waals surface area contributed by atoms with Gasteiger partial charge in [0.15, 0.2) is 0 Å². The second kappa shape index (κ2) is 7.20. The van der Waals surface area contributed by atoms with Gasteiger partial charge in [-0.25, -0.2) is 0 Å². The van der Waals surface area contributed by atoms with Crippen LogP contribution in [0.25, 0.3) is 0 Å². The maximum atomic E-state index is 12.0. The van der Waals surface area contributed by atoms with E-state index >= 15 is 0 Å². The molecule has 0 spiro atoms. The molecule has 0 aromatic heterocycles. The normalized spacial score (nSPS) is 14.1. The van der Waals surface area contributed by atoms with Crippen molar-refractivity contribution in [3.63, 3.8) is 0 Å². The molecule has 1 rings (SSSR count). The van der Waals surface area contributed by atoms with Crippen molar-refractivity contribution in [1.82, 2.24) is 5.32 Å². The van der Waals surface area contributed by atoms with Crippen molar-refractivity contribution in [2.24, 2.45) is 0 Å². The first-order valence-corrected chi connectivity index (χ1v) is 6.88. The number of nitrogens with zero attached hydrogens (tertiary/aromatic N) is 1. The summed E-state index contributed by atoms with van der Waals surface area (Å²) in [4.78, 5) is 10.4. The molecule has 1 aromatic carbocycles. The molecule has 1 aromatic rings. The van der Waals surface area contributed by atoms with Crippen LogP contribution in [0.3, 0.4) is 0 Å². The molecule has 0 fully saturated rings. The summed E-state index contributed by atoms with van der Waals surface area (Å²) in [6.45, 7) is 2.92. The molecule has 0 saturated heterocycles. The van der Waals surface area contributed by atoms with E-state index in [1.165, 1.54) is 18.2 Å². The number of nitro groups is 1. The van der Waals surface area contributed by atoms with Crippen molar-refractivity contribution in [3.8, 4) is 0 Å². The SMILES string of the molecule is CCNCC(O)CS(=O)c1ccccc1[N+](=O)[O-]. The van der Waals surface area contributed by atoms with Gasteiger partial charge < -0.3 is 10.4 Å². The highest BCUT2D eigenvalue weighted by molar-refractivity contribution is 7.85. The number of para-hydroxylation sites is 1. The van der Waals surface area contributed by atoms with Gasteiger partial charge in [0.1, 0.15) is 4.90 Å². The van der Waals surface area contributed by atoms with Crippen LogP contribution in [0.2, 0.25) is 0 Å². The summed E-state index contributed by atoms with van der Waals surface area (Å²) in [5.74, 6) is -0.0160. The van der Waals surface area contributed by atoms with Crippen molar-refractivity contribution in [2.75, 3.05) is 18.8 Å². The molecule has 18 heavy (non-hydrogen) atoms. The topological polar surface area (TPSA) is 92.5 Å². The summed E-state index contributed by atoms with van der Waals surface area (Å²) >= 11 is 0. The minimum Gasteiger partial charge on any atom is -0.391 e. The molecule has 0 aliphatic heterocycles. The largest absolute Gasteiger partial charge is 0.391 e. The summed E-state index contributed by atoms with van der Waals surface area (Å²) in [6, 6.07) is 5.88. The Morgan fingerprint density at radius 3 is 2.78 bits per heavy atom. The van der Waals surface area contributed by atoms with Gasteiger partial charge in [-0.05, 0) is 12.6 Å². The van der Waals surface area contributed by atoms with Crippen LogP contribution in [0.15, 0.2) is 29.2 Å². The number of nitrogens with one attached hydrogen (secondary N) is 1. The lowest BCUT2D eigenvalue weighted by atomic mass is 10.3. The molecule has 7 heteroatoms.